The summed E-state index contributed by atoms with van der Waals surface area (Å²) in [5.41, 5.74) is 0.732. The van der Waals surface area contributed by atoms with E-state index in [0.29, 0.717) is 47.9 Å². The van der Waals surface area contributed by atoms with Crippen LogP contribution in [0.25, 0.3) is 0 Å². The van der Waals surface area contributed by atoms with Crippen LogP contribution in [-0.2, 0) is 19.0 Å². The fourth-order valence-electron chi connectivity index (χ4n) is 6.52. The van der Waals surface area contributed by atoms with Gasteiger partial charge >= 0.3 is 5.97 Å². The van der Waals surface area contributed by atoms with Crippen molar-refractivity contribution < 1.29 is 33.7 Å². The van der Waals surface area contributed by atoms with Gasteiger partial charge in [-0.2, -0.15) is 0 Å². The van der Waals surface area contributed by atoms with E-state index in [1.165, 1.54) is 25.7 Å². The first-order chi connectivity index (χ1) is 18.3. The monoisotopic (exact) mass is 554 g/mol. The Labute approximate surface area is 238 Å². The van der Waals surface area contributed by atoms with E-state index in [4.69, 9.17) is 14.2 Å². The van der Waals surface area contributed by atoms with Crippen molar-refractivity contribution in [2.75, 3.05) is 47.0 Å². The molecule has 2 rings (SSSR count). The molecule has 2 fully saturated rings. The van der Waals surface area contributed by atoms with Crippen LogP contribution in [0.2, 0.25) is 0 Å². The summed E-state index contributed by atoms with van der Waals surface area (Å²) in [6.45, 7) is 14.9. The quantitative estimate of drug-likeness (QED) is 0.110. The van der Waals surface area contributed by atoms with Crippen LogP contribution in [0.5, 0.6) is 0 Å². The van der Waals surface area contributed by atoms with Gasteiger partial charge in [-0.3, -0.25) is 0 Å². The van der Waals surface area contributed by atoms with Crippen molar-refractivity contribution in [2.45, 2.75) is 123 Å². The average molecular weight is 555 g/mol. The molecule has 7 nitrogen and oxygen atoms in total. The largest absolute Gasteiger partial charge is 0.456 e. The van der Waals surface area contributed by atoms with Crippen LogP contribution in [0.15, 0.2) is 12.2 Å². The first-order valence-corrected chi connectivity index (χ1v) is 15.6. The zero-order chi connectivity index (χ0) is 29.1. The number of hydrogen-bond donors (Lipinski definition) is 2. The topological polar surface area (TPSA) is 85.2 Å². The maximum atomic E-state index is 11.6. The molecule has 39 heavy (non-hydrogen) atoms. The number of esters is 1. The lowest BCUT2D eigenvalue weighted by atomic mass is 9.60. The van der Waals surface area contributed by atoms with Gasteiger partial charge < -0.3 is 28.9 Å². The molecule has 2 aliphatic carbocycles. The second kappa shape index (κ2) is 16.5. The summed E-state index contributed by atoms with van der Waals surface area (Å²) in [7, 11) is 4.06. The van der Waals surface area contributed by atoms with E-state index >= 15 is 0 Å². The van der Waals surface area contributed by atoms with Crippen molar-refractivity contribution in [3.63, 3.8) is 0 Å². The Morgan fingerprint density at radius 3 is 1.97 bits per heavy atom. The van der Waals surface area contributed by atoms with E-state index in [1.54, 1.807) is 6.92 Å². The lowest BCUT2D eigenvalue weighted by Crippen LogP contribution is -2.49. The van der Waals surface area contributed by atoms with Gasteiger partial charge in [-0.25, -0.2) is 4.79 Å². The predicted octanol–water partition coefficient (Wildman–Crippen LogP) is 5.27. The molecule has 0 bridgehead atoms. The highest BCUT2D eigenvalue weighted by Gasteiger charge is 2.40. The van der Waals surface area contributed by atoms with Gasteiger partial charge in [-0.15, -0.1) is 0 Å². The Balaban J connectivity index is 1.64. The van der Waals surface area contributed by atoms with Crippen molar-refractivity contribution in [1.82, 2.24) is 0 Å². The fourth-order valence-corrected chi connectivity index (χ4v) is 6.52. The lowest BCUT2D eigenvalue weighted by Gasteiger charge is -2.46. The maximum absolute atomic E-state index is 11.6. The van der Waals surface area contributed by atoms with Crippen LogP contribution in [0.1, 0.15) is 98.3 Å². The van der Waals surface area contributed by atoms with E-state index in [0.717, 1.165) is 63.4 Å². The van der Waals surface area contributed by atoms with Crippen molar-refractivity contribution in [2.24, 2.45) is 17.3 Å². The van der Waals surface area contributed by atoms with Gasteiger partial charge in [0.25, 0.3) is 0 Å². The van der Waals surface area contributed by atoms with Gasteiger partial charge in [0, 0.05) is 12.2 Å². The number of hydrogen-bond acceptors (Lipinski definition) is 6. The Hall–Kier alpha value is -0.990. The number of ether oxygens (including phenoxy) is 3. The first kappa shape index (κ1) is 34.2. The number of quaternary nitrogens is 1. The highest BCUT2D eigenvalue weighted by molar-refractivity contribution is 5.86. The minimum absolute atomic E-state index is 0.182. The smallest absolute Gasteiger partial charge is 0.333 e. The van der Waals surface area contributed by atoms with E-state index < -0.39 is 6.10 Å². The molecule has 0 aromatic rings. The summed E-state index contributed by atoms with van der Waals surface area (Å²) in [4.78, 5) is 11.6. The molecule has 2 N–H and O–H groups in total. The van der Waals surface area contributed by atoms with Crippen molar-refractivity contribution >= 4 is 5.97 Å². The third kappa shape index (κ3) is 12.2. The number of aliphatic hydroxyl groups excluding tert-OH is 2. The molecular formula is C32H60NO6+. The Morgan fingerprint density at radius 2 is 1.46 bits per heavy atom. The van der Waals surface area contributed by atoms with E-state index in [2.05, 4.69) is 20.4 Å². The summed E-state index contributed by atoms with van der Waals surface area (Å²) < 4.78 is 18.1. The van der Waals surface area contributed by atoms with Crippen LogP contribution in [-0.4, -0.2) is 92.1 Å². The third-order valence-electron chi connectivity index (χ3n) is 9.47. The molecular weight excluding hydrogens is 494 g/mol. The van der Waals surface area contributed by atoms with Crippen molar-refractivity contribution in [3.05, 3.63) is 12.2 Å². The number of aliphatic hydroxyl groups is 2. The molecule has 0 spiro atoms. The molecule has 2 atom stereocenters. The fraction of sp³-hybridized carbons (Fsp3) is 0.906. The van der Waals surface area contributed by atoms with E-state index in [-0.39, 0.29) is 18.2 Å². The first-order valence-electron chi connectivity index (χ1n) is 15.6. The zero-order valence-electron chi connectivity index (χ0n) is 26.0. The summed E-state index contributed by atoms with van der Waals surface area (Å²) in [5, 5.41) is 20.3. The predicted molar refractivity (Wildman–Crippen MR) is 156 cm³/mol. The number of rotatable bonds is 17. The van der Waals surface area contributed by atoms with Gasteiger partial charge in [-0.05, 0) is 94.8 Å². The Kier molecular flexibility index (Phi) is 14.4. The van der Waals surface area contributed by atoms with Gasteiger partial charge in [0.15, 0.2) is 0 Å². The van der Waals surface area contributed by atoms with Crippen LogP contribution >= 0.6 is 0 Å². The van der Waals surface area contributed by atoms with Gasteiger partial charge in [0.05, 0.1) is 39.0 Å². The van der Waals surface area contributed by atoms with Gasteiger partial charge in [0.1, 0.15) is 25.8 Å². The van der Waals surface area contributed by atoms with E-state index in [9.17, 15) is 15.0 Å². The van der Waals surface area contributed by atoms with Crippen molar-refractivity contribution in [3.8, 4) is 0 Å². The summed E-state index contributed by atoms with van der Waals surface area (Å²) in [6.07, 6.45) is 11.9. The maximum Gasteiger partial charge on any atom is 0.333 e. The second-order valence-corrected chi connectivity index (χ2v) is 13.6. The minimum atomic E-state index is -0.542. The number of nitrogens with zero attached hydrogens (tertiary/aromatic N) is 1. The molecule has 7 heteroatoms. The molecule has 2 unspecified atom stereocenters. The van der Waals surface area contributed by atoms with Crippen LogP contribution in [0.3, 0.4) is 0 Å². The summed E-state index contributed by atoms with van der Waals surface area (Å²) in [6, 6.07) is 0. The standard InChI is InChI=1S/C32H60NO6/c1-8-27(34)10-9-20-37-29-15-11-25(12-16-29)32(4,5)26-13-17-30(18-14-26)39-23-28(35)22-33(6,7)19-21-38-31(36)24(2)3/h25-30,34-35H,2,8-23H2,1,3-7H3/q+1. The van der Waals surface area contributed by atoms with Crippen molar-refractivity contribution in [1.29, 1.82) is 0 Å². The molecule has 0 aliphatic heterocycles. The number of carbonyl (C=O) groups excluding carboxylic acids is 1. The van der Waals surface area contributed by atoms with Gasteiger partial charge in [0.2, 0.25) is 0 Å². The zero-order valence-corrected chi connectivity index (χ0v) is 26.0. The number of carbonyl (C=O) groups is 1. The Morgan fingerprint density at radius 1 is 0.923 bits per heavy atom. The van der Waals surface area contributed by atoms with Crippen LogP contribution in [0.4, 0.5) is 0 Å². The normalized spacial score (nSPS) is 26.2. The molecule has 0 aromatic heterocycles. The molecule has 0 amide bonds. The Bertz CT molecular complexity index is 722. The summed E-state index contributed by atoms with van der Waals surface area (Å²) in [5.74, 6) is 1.10. The molecule has 2 aliphatic rings. The molecule has 0 saturated heterocycles. The molecule has 2 saturated carbocycles. The van der Waals surface area contributed by atoms with Crippen LogP contribution < -0.4 is 0 Å². The van der Waals surface area contributed by atoms with Gasteiger partial charge in [-0.1, -0.05) is 27.4 Å². The molecule has 0 heterocycles. The van der Waals surface area contributed by atoms with E-state index in [1.807, 2.05) is 21.0 Å². The highest BCUT2D eigenvalue weighted by atomic mass is 16.5. The lowest BCUT2D eigenvalue weighted by molar-refractivity contribution is -0.893. The average Bonchev–Trinajstić information content (AvgIpc) is 2.89. The minimum Gasteiger partial charge on any atom is -0.456 e. The third-order valence-corrected chi connectivity index (χ3v) is 9.47. The highest BCUT2D eigenvalue weighted by Crippen LogP contribution is 2.48. The molecule has 0 radical (unpaired) electrons. The summed E-state index contributed by atoms with van der Waals surface area (Å²) >= 11 is 0. The molecule has 228 valence electrons. The SMILES string of the molecule is C=C(C)C(=O)OCC[N+](C)(C)CC(O)COC1CCC(C(C)(C)C2CCC(OCCCC(O)CC)CC2)CC1. The number of likely N-dealkylation sites (N-methyl/N-ethyl adjacent to an activating group) is 1. The molecule has 0 aromatic carbocycles. The van der Waals surface area contributed by atoms with Crippen LogP contribution in [0, 0.1) is 17.3 Å². The second-order valence-electron chi connectivity index (χ2n) is 13.6.